The number of carbonyl (C=O) groups is 2. The summed E-state index contributed by atoms with van der Waals surface area (Å²) in [5, 5.41) is 2.65. The van der Waals surface area contributed by atoms with Gasteiger partial charge < -0.3 is 19.8 Å². The highest BCUT2D eigenvalue weighted by atomic mass is 19.1. The molecule has 0 aliphatic heterocycles. The number of fused-ring (bicyclic) bond motifs is 1. The van der Waals surface area contributed by atoms with Gasteiger partial charge in [0, 0.05) is 26.7 Å². The third-order valence-corrected chi connectivity index (χ3v) is 5.29. The molecule has 0 fully saturated rings. The molecule has 0 radical (unpaired) electrons. The summed E-state index contributed by atoms with van der Waals surface area (Å²) in [6.07, 6.45) is 7.95. The van der Waals surface area contributed by atoms with Crippen LogP contribution in [0.15, 0.2) is 41.5 Å². The van der Waals surface area contributed by atoms with Crippen molar-refractivity contribution in [1.82, 2.24) is 24.4 Å². The molecule has 3 aromatic rings. The summed E-state index contributed by atoms with van der Waals surface area (Å²) in [4.78, 5) is 49.8. The number of hydrogen-bond acceptors (Lipinski definition) is 5. The summed E-state index contributed by atoms with van der Waals surface area (Å²) in [5.74, 6) is -0.172. The predicted molar refractivity (Wildman–Crippen MR) is 133 cm³/mol. The van der Waals surface area contributed by atoms with Gasteiger partial charge in [-0.1, -0.05) is 19.9 Å². The Morgan fingerprint density at radius 1 is 1.31 bits per heavy atom. The summed E-state index contributed by atoms with van der Waals surface area (Å²) in [7, 11) is 3.33. The fourth-order valence-electron chi connectivity index (χ4n) is 3.52. The number of H-pyrrole nitrogens is 1. The molecule has 0 atom stereocenters. The van der Waals surface area contributed by atoms with Gasteiger partial charge in [-0.3, -0.25) is 19.4 Å². The molecular formula is C25H31FN6O3. The van der Waals surface area contributed by atoms with Crippen molar-refractivity contribution in [3.8, 4) is 0 Å². The van der Waals surface area contributed by atoms with Crippen LogP contribution in [0, 0.1) is 11.7 Å². The molecular weight excluding hydrogens is 451 g/mol. The van der Waals surface area contributed by atoms with Gasteiger partial charge in [0.2, 0.25) is 11.8 Å². The molecule has 2 amide bonds. The third-order valence-electron chi connectivity index (χ3n) is 5.29. The number of likely N-dealkylation sites (N-methyl/N-ethyl adjacent to an activating group) is 1. The van der Waals surface area contributed by atoms with E-state index >= 15 is 0 Å². The molecule has 0 saturated carbocycles. The molecule has 0 unspecified atom stereocenters. The van der Waals surface area contributed by atoms with Crippen LogP contribution in [-0.2, 0) is 22.6 Å². The van der Waals surface area contributed by atoms with E-state index in [0.29, 0.717) is 36.5 Å². The van der Waals surface area contributed by atoms with E-state index < -0.39 is 11.4 Å². The zero-order chi connectivity index (χ0) is 25.5. The topological polar surface area (TPSA) is 113 Å². The van der Waals surface area contributed by atoms with Crippen molar-refractivity contribution in [2.24, 2.45) is 5.92 Å². The van der Waals surface area contributed by atoms with E-state index in [-0.39, 0.29) is 36.0 Å². The highest BCUT2D eigenvalue weighted by molar-refractivity contribution is 5.90. The number of anilines is 1. The van der Waals surface area contributed by atoms with Gasteiger partial charge in [-0.05, 0) is 43.4 Å². The first kappa shape index (κ1) is 25.8. The molecule has 0 spiro atoms. The number of rotatable bonds is 10. The van der Waals surface area contributed by atoms with E-state index in [1.165, 1.54) is 27.8 Å². The first-order valence-corrected chi connectivity index (χ1v) is 11.5. The fraction of sp³-hybridized carbons (Fsp3) is 0.400. The molecule has 3 heterocycles. The van der Waals surface area contributed by atoms with Crippen molar-refractivity contribution >= 4 is 28.5 Å². The van der Waals surface area contributed by atoms with Gasteiger partial charge in [-0.25, -0.2) is 9.37 Å². The molecule has 3 rings (SSSR count). The molecule has 10 heteroatoms. The normalized spacial score (nSPS) is 11.5. The standard InChI is InChI=1S/C25H31FN6O3/c1-16(2)13-19-24-23(17(26)14-27-19)29-20(30-24)15-32-12-8-9-18(25(32)35)28-21(33)10-6-5-7-11-22(34)31(3)4/h7-9,11-12,14,16H,5-6,10,13,15H2,1-4H3,(H,28,33)(H,29,30)/b11-7+. The van der Waals surface area contributed by atoms with Crippen LogP contribution in [0.2, 0.25) is 0 Å². The smallest absolute Gasteiger partial charge is 0.274 e. The van der Waals surface area contributed by atoms with Gasteiger partial charge in [0.15, 0.2) is 5.82 Å². The van der Waals surface area contributed by atoms with Crippen LogP contribution >= 0.6 is 0 Å². The summed E-state index contributed by atoms with van der Waals surface area (Å²) in [6.45, 7) is 4.19. The lowest BCUT2D eigenvalue weighted by atomic mass is 10.1. The van der Waals surface area contributed by atoms with E-state index in [9.17, 15) is 18.8 Å². The van der Waals surface area contributed by atoms with E-state index in [1.807, 2.05) is 0 Å². The van der Waals surface area contributed by atoms with Crippen molar-refractivity contribution in [1.29, 1.82) is 0 Å². The maximum absolute atomic E-state index is 14.3. The van der Waals surface area contributed by atoms with Crippen LogP contribution in [0.25, 0.3) is 11.0 Å². The number of allylic oxidation sites excluding steroid dienone is 1. The Labute approximate surface area is 203 Å². The summed E-state index contributed by atoms with van der Waals surface area (Å²) < 4.78 is 15.7. The number of amides is 2. The van der Waals surface area contributed by atoms with Gasteiger partial charge in [-0.15, -0.1) is 0 Å². The van der Waals surface area contributed by atoms with Gasteiger partial charge in [0.05, 0.1) is 24.0 Å². The molecule has 9 nitrogen and oxygen atoms in total. The molecule has 0 saturated heterocycles. The number of pyridine rings is 2. The molecule has 0 bridgehead atoms. The average Bonchev–Trinajstić information content (AvgIpc) is 3.22. The van der Waals surface area contributed by atoms with E-state index in [4.69, 9.17) is 0 Å². The first-order chi connectivity index (χ1) is 16.7. The number of nitrogens with one attached hydrogen (secondary N) is 2. The molecule has 186 valence electrons. The number of imidazole rings is 1. The highest BCUT2D eigenvalue weighted by Crippen LogP contribution is 2.20. The number of aromatic amines is 1. The lowest BCUT2D eigenvalue weighted by molar-refractivity contribution is -0.123. The van der Waals surface area contributed by atoms with Gasteiger partial charge in [0.25, 0.3) is 5.56 Å². The zero-order valence-electron chi connectivity index (χ0n) is 20.5. The maximum Gasteiger partial charge on any atom is 0.274 e. The quantitative estimate of drug-likeness (QED) is 0.340. The minimum atomic E-state index is -0.524. The lowest BCUT2D eigenvalue weighted by Crippen LogP contribution is -2.26. The van der Waals surface area contributed by atoms with Crippen LogP contribution < -0.4 is 10.9 Å². The van der Waals surface area contributed by atoms with Crippen LogP contribution in [0.5, 0.6) is 0 Å². The second-order valence-electron chi connectivity index (χ2n) is 8.99. The highest BCUT2D eigenvalue weighted by Gasteiger charge is 2.15. The van der Waals surface area contributed by atoms with Crippen molar-refractivity contribution in [3.63, 3.8) is 0 Å². The number of halogens is 1. The van der Waals surface area contributed by atoms with Crippen molar-refractivity contribution in [2.75, 3.05) is 19.4 Å². The molecule has 0 aliphatic rings. The van der Waals surface area contributed by atoms with E-state index in [0.717, 1.165) is 5.69 Å². The van der Waals surface area contributed by atoms with Crippen molar-refractivity contribution in [3.05, 3.63) is 64.4 Å². The van der Waals surface area contributed by atoms with Crippen LogP contribution in [0.3, 0.4) is 0 Å². The lowest BCUT2D eigenvalue weighted by Gasteiger charge is -2.08. The third kappa shape index (κ3) is 6.84. The Morgan fingerprint density at radius 2 is 2.09 bits per heavy atom. The largest absolute Gasteiger partial charge is 0.345 e. The summed E-state index contributed by atoms with van der Waals surface area (Å²) in [5.41, 5.74) is 1.22. The fourth-order valence-corrected chi connectivity index (χ4v) is 3.52. The zero-order valence-corrected chi connectivity index (χ0v) is 20.5. The van der Waals surface area contributed by atoms with Crippen molar-refractivity contribution in [2.45, 2.75) is 46.1 Å². The Hall–Kier alpha value is -3.82. The molecule has 3 aromatic heterocycles. The number of carbonyl (C=O) groups excluding carboxylic acids is 2. The molecule has 0 aromatic carbocycles. The number of hydrogen-bond donors (Lipinski definition) is 2. The Balaban J connectivity index is 1.67. The first-order valence-electron chi connectivity index (χ1n) is 11.5. The Kier molecular flexibility index (Phi) is 8.51. The van der Waals surface area contributed by atoms with Gasteiger partial charge >= 0.3 is 0 Å². The predicted octanol–water partition coefficient (Wildman–Crippen LogP) is 3.26. The maximum atomic E-state index is 14.3. The van der Waals surface area contributed by atoms with Crippen LogP contribution in [-0.4, -0.2) is 50.3 Å². The second kappa shape index (κ2) is 11.5. The Bertz CT molecular complexity index is 1290. The van der Waals surface area contributed by atoms with Crippen LogP contribution in [0.1, 0.15) is 44.6 Å². The van der Waals surface area contributed by atoms with Gasteiger partial charge in [-0.2, -0.15) is 0 Å². The monoisotopic (exact) mass is 482 g/mol. The molecule has 35 heavy (non-hydrogen) atoms. The molecule has 2 N–H and O–H groups in total. The summed E-state index contributed by atoms with van der Waals surface area (Å²) >= 11 is 0. The van der Waals surface area contributed by atoms with E-state index in [1.54, 1.807) is 32.4 Å². The van der Waals surface area contributed by atoms with Crippen LogP contribution in [0.4, 0.5) is 10.1 Å². The minimum Gasteiger partial charge on any atom is -0.345 e. The number of unbranched alkanes of at least 4 members (excludes halogenated alkanes) is 1. The summed E-state index contributed by atoms with van der Waals surface area (Å²) in [6, 6.07) is 3.19. The van der Waals surface area contributed by atoms with Gasteiger partial charge in [0.1, 0.15) is 17.0 Å². The Morgan fingerprint density at radius 3 is 2.80 bits per heavy atom. The van der Waals surface area contributed by atoms with E-state index in [2.05, 4.69) is 34.1 Å². The second-order valence-corrected chi connectivity index (χ2v) is 8.99. The number of aromatic nitrogens is 4. The molecule has 0 aliphatic carbocycles. The minimum absolute atomic E-state index is 0.0858. The SMILES string of the molecule is CC(C)Cc1ncc(F)c2nc(Cn3cccc(NC(=O)CCC/C=C/C(=O)N(C)C)c3=O)[nH]c12. The van der Waals surface area contributed by atoms with Crippen molar-refractivity contribution < 1.29 is 14.0 Å². The average molecular weight is 483 g/mol. The number of nitrogens with zero attached hydrogens (tertiary/aromatic N) is 4.